The van der Waals surface area contributed by atoms with E-state index in [1.807, 2.05) is 6.92 Å². The van der Waals surface area contributed by atoms with Crippen LogP contribution in [-0.2, 0) is 4.74 Å². The summed E-state index contributed by atoms with van der Waals surface area (Å²) in [5.74, 6) is 0.473. The van der Waals surface area contributed by atoms with Gasteiger partial charge in [-0.3, -0.25) is 4.79 Å². The lowest BCUT2D eigenvalue weighted by Gasteiger charge is -2.05. The van der Waals surface area contributed by atoms with E-state index in [1.54, 1.807) is 0 Å². The Balaban J connectivity index is 2.21. The maximum Gasteiger partial charge on any atom is 0.263 e. The molecule has 0 aromatic carbocycles. The smallest absolute Gasteiger partial charge is 0.263 e. The number of aromatic nitrogens is 3. The van der Waals surface area contributed by atoms with Crippen molar-refractivity contribution in [3.8, 4) is 11.5 Å². The van der Waals surface area contributed by atoms with Gasteiger partial charge in [0.15, 0.2) is 11.3 Å². The van der Waals surface area contributed by atoms with E-state index in [2.05, 4.69) is 15.1 Å². The van der Waals surface area contributed by atoms with Crippen molar-refractivity contribution in [2.45, 2.75) is 13.0 Å². The van der Waals surface area contributed by atoms with Gasteiger partial charge in [0.25, 0.3) is 5.89 Å². The van der Waals surface area contributed by atoms with Crippen LogP contribution < -0.4 is 11.2 Å². The van der Waals surface area contributed by atoms with E-state index >= 15 is 0 Å². The third-order valence-corrected chi connectivity index (χ3v) is 2.33. The first-order valence-corrected chi connectivity index (χ1v) is 5.56. The molecule has 7 nitrogen and oxygen atoms in total. The van der Waals surface area contributed by atoms with Crippen molar-refractivity contribution in [2.75, 3.05) is 13.2 Å². The second kappa shape index (κ2) is 5.56. The largest absolute Gasteiger partial charge is 0.380 e. The molecule has 0 radical (unpaired) electrons. The Kier molecular flexibility index (Phi) is 3.85. The predicted molar refractivity (Wildman–Crippen MR) is 63.8 cm³/mol. The normalized spacial score (nSPS) is 12.6. The second-order valence-electron chi connectivity index (χ2n) is 3.65. The Morgan fingerprint density at radius 2 is 2.44 bits per heavy atom. The van der Waals surface area contributed by atoms with Crippen LogP contribution in [0.4, 0.5) is 0 Å². The van der Waals surface area contributed by atoms with Gasteiger partial charge in [-0.15, -0.1) is 0 Å². The Morgan fingerprint density at radius 1 is 1.61 bits per heavy atom. The first-order chi connectivity index (χ1) is 8.72. The van der Waals surface area contributed by atoms with Crippen LogP contribution >= 0.6 is 0 Å². The molecule has 0 bridgehead atoms. The van der Waals surface area contributed by atoms with Gasteiger partial charge in [-0.1, -0.05) is 5.16 Å². The number of nitrogens with one attached hydrogen (secondary N) is 1. The molecule has 0 saturated carbocycles. The van der Waals surface area contributed by atoms with Crippen molar-refractivity contribution in [1.29, 1.82) is 0 Å². The second-order valence-corrected chi connectivity index (χ2v) is 3.65. The van der Waals surface area contributed by atoms with E-state index in [9.17, 15) is 4.79 Å². The third kappa shape index (κ3) is 2.63. The lowest BCUT2D eigenvalue weighted by atomic mass is 10.2. The zero-order chi connectivity index (χ0) is 13.0. The summed E-state index contributed by atoms with van der Waals surface area (Å²) < 4.78 is 10.2. The Bertz CT molecular complexity index is 563. The number of aromatic amines is 1. The lowest BCUT2D eigenvalue weighted by molar-refractivity contribution is 0.130. The van der Waals surface area contributed by atoms with Crippen molar-refractivity contribution < 1.29 is 9.26 Å². The van der Waals surface area contributed by atoms with Crippen LogP contribution in [0, 0.1) is 0 Å². The van der Waals surface area contributed by atoms with E-state index in [4.69, 9.17) is 15.0 Å². The molecular weight excluding hydrogens is 236 g/mol. The third-order valence-electron chi connectivity index (χ3n) is 2.33. The molecule has 1 unspecified atom stereocenters. The zero-order valence-corrected chi connectivity index (χ0v) is 9.92. The first-order valence-electron chi connectivity index (χ1n) is 5.56. The monoisotopic (exact) mass is 250 g/mol. The molecule has 2 rings (SSSR count). The van der Waals surface area contributed by atoms with E-state index in [0.29, 0.717) is 24.6 Å². The molecule has 0 spiro atoms. The van der Waals surface area contributed by atoms with Crippen molar-refractivity contribution in [3.63, 3.8) is 0 Å². The number of rotatable bonds is 5. The highest BCUT2D eigenvalue weighted by molar-refractivity contribution is 5.50. The van der Waals surface area contributed by atoms with Crippen LogP contribution in [0.5, 0.6) is 0 Å². The average Bonchev–Trinajstić information content (AvgIpc) is 2.86. The van der Waals surface area contributed by atoms with E-state index in [0.717, 1.165) is 0 Å². The summed E-state index contributed by atoms with van der Waals surface area (Å²) in [6, 6.07) is 0.921. The quantitative estimate of drug-likeness (QED) is 0.798. The summed E-state index contributed by atoms with van der Waals surface area (Å²) in [7, 11) is 0. The van der Waals surface area contributed by atoms with Gasteiger partial charge in [0, 0.05) is 25.1 Å². The molecule has 2 aromatic rings. The molecule has 0 amide bonds. The maximum atomic E-state index is 11.6. The van der Waals surface area contributed by atoms with Crippen molar-refractivity contribution in [1.82, 2.24) is 15.1 Å². The van der Waals surface area contributed by atoms with Crippen LogP contribution in [0.15, 0.2) is 27.8 Å². The number of nitrogens with two attached hydrogens (primary N) is 1. The van der Waals surface area contributed by atoms with Crippen LogP contribution in [0.25, 0.3) is 11.5 Å². The summed E-state index contributed by atoms with van der Waals surface area (Å²) in [4.78, 5) is 18.4. The molecule has 1 atom stereocenters. The van der Waals surface area contributed by atoms with Gasteiger partial charge in [-0.05, 0) is 6.92 Å². The van der Waals surface area contributed by atoms with Gasteiger partial charge in [-0.2, -0.15) is 4.98 Å². The minimum absolute atomic E-state index is 0.152. The van der Waals surface area contributed by atoms with Crippen LogP contribution in [0.2, 0.25) is 0 Å². The molecule has 0 aliphatic heterocycles. The molecule has 0 aliphatic rings. The average molecular weight is 250 g/mol. The van der Waals surface area contributed by atoms with Crippen molar-refractivity contribution >= 4 is 0 Å². The topological polar surface area (TPSA) is 107 Å². The van der Waals surface area contributed by atoms with Gasteiger partial charge in [0.05, 0.1) is 12.6 Å². The molecular formula is C11H14N4O3. The number of pyridine rings is 1. The van der Waals surface area contributed by atoms with Crippen LogP contribution in [-0.4, -0.2) is 28.3 Å². The maximum absolute atomic E-state index is 11.6. The standard InChI is InChI=1S/C11H14N4O3/c1-2-17-6-8(12)10-14-11(18-15-10)7-5-13-4-3-9(7)16/h3-5,8H,2,6,12H2,1H3,(H,13,16). The van der Waals surface area contributed by atoms with Gasteiger partial charge >= 0.3 is 0 Å². The molecule has 0 fully saturated rings. The molecule has 2 aromatic heterocycles. The van der Waals surface area contributed by atoms with Gasteiger partial charge in [0.1, 0.15) is 5.56 Å². The summed E-state index contributed by atoms with van der Waals surface area (Å²) >= 11 is 0. The highest BCUT2D eigenvalue weighted by Crippen LogP contribution is 2.14. The molecule has 7 heteroatoms. The zero-order valence-electron chi connectivity index (χ0n) is 9.92. The van der Waals surface area contributed by atoms with Gasteiger partial charge in [-0.25, -0.2) is 0 Å². The fourth-order valence-electron chi connectivity index (χ4n) is 1.40. The van der Waals surface area contributed by atoms with Crippen molar-refractivity contribution in [2.24, 2.45) is 5.73 Å². The number of nitrogens with zero attached hydrogens (tertiary/aromatic N) is 2. The van der Waals surface area contributed by atoms with Crippen LogP contribution in [0.1, 0.15) is 18.8 Å². The molecule has 96 valence electrons. The van der Waals surface area contributed by atoms with Gasteiger partial charge in [0.2, 0.25) is 0 Å². The minimum atomic E-state index is -0.467. The summed E-state index contributed by atoms with van der Waals surface area (Å²) in [5.41, 5.74) is 5.94. The molecule has 0 aliphatic carbocycles. The fourth-order valence-corrected chi connectivity index (χ4v) is 1.40. The fraction of sp³-hybridized carbons (Fsp3) is 0.364. The summed E-state index contributed by atoms with van der Waals surface area (Å²) in [6.07, 6.45) is 3.04. The Hall–Kier alpha value is -1.99. The molecule has 0 saturated heterocycles. The predicted octanol–water partition coefficient (Wildman–Crippen LogP) is 0.461. The highest BCUT2D eigenvalue weighted by Gasteiger charge is 2.16. The first kappa shape index (κ1) is 12.5. The Morgan fingerprint density at radius 3 is 3.17 bits per heavy atom. The van der Waals surface area contributed by atoms with E-state index < -0.39 is 6.04 Å². The SMILES string of the molecule is CCOCC(N)c1noc(-c2c[nH]ccc2=O)n1. The number of hydrogen-bond acceptors (Lipinski definition) is 6. The molecule has 18 heavy (non-hydrogen) atoms. The van der Waals surface area contributed by atoms with E-state index in [-0.39, 0.29) is 11.3 Å². The van der Waals surface area contributed by atoms with E-state index in [1.165, 1.54) is 18.5 Å². The van der Waals surface area contributed by atoms with Crippen LogP contribution in [0.3, 0.4) is 0 Å². The summed E-state index contributed by atoms with van der Waals surface area (Å²) in [5, 5.41) is 3.74. The highest BCUT2D eigenvalue weighted by atomic mass is 16.5. The number of H-pyrrole nitrogens is 1. The number of hydrogen-bond donors (Lipinski definition) is 2. The number of ether oxygens (including phenoxy) is 1. The molecule has 3 N–H and O–H groups in total. The minimum Gasteiger partial charge on any atom is -0.380 e. The van der Waals surface area contributed by atoms with Gasteiger partial charge < -0.3 is 20.0 Å². The lowest BCUT2D eigenvalue weighted by Crippen LogP contribution is -2.18. The summed E-state index contributed by atoms with van der Waals surface area (Å²) in [6.45, 7) is 2.75. The Labute approximate surface area is 103 Å². The van der Waals surface area contributed by atoms with Crippen molar-refractivity contribution in [3.05, 3.63) is 34.5 Å². The molecule has 2 heterocycles.